The first-order valence-electron chi connectivity index (χ1n) is 10.4. The molecule has 0 unspecified atom stereocenters. The summed E-state index contributed by atoms with van der Waals surface area (Å²) in [7, 11) is 0. The Morgan fingerprint density at radius 3 is 2.84 bits per heavy atom. The number of carbonyl (C=O) groups is 1. The number of aromatic nitrogens is 3. The average Bonchev–Trinajstić information content (AvgIpc) is 3.46. The summed E-state index contributed by atoms with van der Waals surface area (Å²) in [4.78, 5) is 28.8. The highest BCUT2D eigenvalue weighted by molar-refractivity contribution is 7.14. The lowest BCUT2D eigenvalue weighted by atomic mass is 10.0. The normalized spacial score (nSPS) is 14.1. The number of nitrogens with zero attached hydrogens (tertiary/aromatic N) is 3. The van der Waals surface area contributed by atoms with E-state index in [-0.39, 0.29) is 5.91 Å². The van der Waals surface area contributed by atoms with E-state index in [0.717, 1.165) is 46.4 Å². The number of rotatable bonds is 5. The van der Waals surface area contributed by atoms with E-state index in [4.69, 9.17) is 5.73 Å². The molecular formula is C24H23N5OS. The van der Waals surface area contributed by atoms with E-state index in [9.17, 15) is 4.79 Å². The maximum Gasteiger partial charge on any atom is 0.264 e. The Bertz CT molecular complexity index is 1260. The smallest absolute Gasteiger partial charge is 0.264 e. The molecule has 1 amide bonds. The van der Waals surface area contributed by atoms with Crippen molar-refractivity contribution in [1.82, 2.24) is 19.9 Å². The molecule has 1 aliphatic heterocycles. The van der Waals surface area contributed by atoms with Gasteiger partial charge in [0.15, 0.2) is 0 Å². The monoisotopic (exact) mass is 429 g/mol. The maximum absolute atomic E-state index is 13.0. The van der Waals surface area contributed by atoms with Crippen LogP contribution in [0.5, 0.6) is 0 Å². The lowest BCUT2D eigenvalue weighted by molar-refractivity contribution is 0.0777. The molecule has 0 saturated carbocycles. The summed E-state index contributed by atoms with van der Waals surface area (Å²) in [6.45, 7) is 1.31. The number of thiophene rings is 1. The van der Waals surface area contributed by atoms with Gasteiger partial charge in [-0.3, -0.25) is 9.78 Å². The van der Waals surface area contributed by atoms with E-state index in [1.807, 2.05) is 47.5 Å². The summed E-state index contributed by atoms with van der Waals surface area (Å²) >= 11 is 1.59. The Morgan fingerprint density at radius 2 is 2.06 bits per heavy atom. The molecular weight excluding hydrogens is 406 g/mol. The first-order valence-corrected chi connectivity index (χ1v) is 11.2. The van der Waals surface area contributed by atoms with Gasteiger partial charge < -0.3 is 15.6 Å². The van der Waals surface area contributed by atoms with E-state index in [1.54, 1.807) is 17.5 Å². The predicted molar refractivity (Wildman–Crippen MR) is 125 cm³/mol. The summed E-state index contributed by atoms with van der Waals surface area (Å²) in [5, 5.41) is 0.939. The Labute approximate surface area is 184 Å². The highest BCUT2D eigenvalue weighted by Crippen LogP contribution is 2.28. The van der Waals surface area contributed by atoms with Crippen molar-refractivity contribution in [3.05, 3.63) is 82.1 Å². The number of carbonyl (C=O) groups excluding carboxylic acids is 1. The first kappa shape index (κ1) is 19.5. The number of pyridine rings is 2. The number of H-pyrrole nitrogens is 1. The van der Waals surface area contributed by atoms with Gasteiger partial charge in [0.05, 0.1) is 10.4 Å². The fourth-order valence-corrected chi connectivity index (χ4v) is 4.90. The van der Waals surface area contributed by atoms with Crippen molar-refractivity contribution in [3.8, 4) is 0 Å². The van der Waals surface area contributed by atoms with Crippen molar-refractivity contribution >= 4 is 39.5 Å². The zero-order chi connectivity index (χ0) is 21.2. The molecule has 6 nitrogen and oxygen atoms in total. The molecule has 0 bridgehead atoms. The number of hydrogen-bond acceptors (Lipinski definition) is 5. The lowest BCUT2D eigenvalue weighted by Crippen LogP contribution is -2.34. The molecule has 4 aromatic rings. The van der Waals surface area contributed by atoms with Crippen LogP contribution in [0.3, 0.4) is 0 Å². The fourth-order valence-electron chi connectivity index (χ4n) is 3.93. The van der Waals surface area contributed by atoms with Crippen LogP contribution < -0.4 is 5.73 Å². The Balaban J connectivity index is 1.24. The van der Waals surface area contributed by atoms with Crippen LogP contribution in [0.25, 0.3) is 16.5 Å². The van der Waals surface area contributed by atoms with Gasteiger partial charge in [0.2, 0.25) is 0 Å². The quantitative estimate of drug-likeness (QED) is 0.495. The number of nitrogen functional groups attached to an aromatic ring is 1. The third kappa shape index (κ3) is 4.09. The molecule has 0 radical (unpaired) electrons. The van der Waals surface area contributed by atoms with Crippen molar-refractivity contribution in [2.45, 2.75) is 19.3 Å². The number of anilines is 1. The minimum atomic E-state index is 0.106. The maximum atomic E-state index is 13.0. The minimum absolute atomic E-state index is 0.106. The van der Waals surface area contributed by atoms with Gasteiger partial charge in [-0.05, 0) is 61.2 Å². The zero-order valence-electron chi connectivity index (χ0n) is 17.0. The number of amides is 1. The van der Waals surface area contributed by atoms with Gasteiger partial charge in [0.25, 0.3) is 5.91 Å². The second kappa shape index (κ2) is 8.35. The molecule has 1 aliphatic rings. The number of fused-ring (bicyclic) bond motifs is 1. The van der Waals surface area contributed by atoms with Gasteiger partial charge in [-0.25, -0.2) is 4.98 Å². The third-order valence-electron chi connectivity index (χ3n) is 5.65. The number of hydrogen-bond donors (Lipinski definition) is 2. The van der Waals surface area contributed by atoms with Crippen LogP contribution in [0.2, 0.25) is 0 Å². The summed E-state index contributed by atoms with van der Waals surface area (Å²) in [5.74, 6) is 0.638. The van der Waals surface area contributed by atoms with Gasteiger partial charge in [0, 0.05) is 47.1 Å². The van der Waals surface area contributed by atoms with Crippen molar-refractivity contribution in [2.75, 3.05) is 18.8 Å². The Hall–Kier alpha value is -3.45. The van der Waals surface area contributed by atoms with Crippen molar-refractivity contribution < 1.29 is 4.79 Å². The molecule has 0 aliphatic carbocycles. The second-order valence-electron chi connectivity index (χ2n) is 7.66. The average molecular weight is 430 g/mol. The SMILES string of the molecule is Nc1nccc2[nH]c(C3=CCN(C(=O)c4ccc(CCc5ccccn5)s4)CC3)cc12. The van der Waals surface area contributed by atoms with E-state index < -0.39 is 0 Å². The largest absolute Gasteiger partial charge is 0.383 e. The van der Waals surface area contributed by atoms with Gasteiger partial charge in [0.1, 0.15) is 5.82 Å². The Kier molecular flexibility index (Phi) is 5.26. The highest BCUT2D eigenvalue weighted by atomic mass is 32.1. The molecule has 5 heterocycles. The number of nitrogens with two attached hydrogens (primary N) is 1. The third-order valence-corrected chi connectivity index (χ3v) is 6.78. The van der Waals surface area contributed by atoms with Crippen molar-refractivity contribution in [1.29, 1.82) is 0 Å². The van der Waals surface area contributed by atoms with E-state index in [0.29, 0.717) is 18.9 Å². The molecule has 7 heteroatoms. The molecule has 5 rings (SSSR count). The summed E-state index contributed by atoms with van der Waals surface area (Å²) in [5.41, 5.74) is 10.3. The Morgan fingerprint density at radius 1 is 1.13 bits per heavy atom. The van der Waals surface area contributed by atoms with Gasteiger partial charge in [-0.15, -0.1) is 11.3 Å². The topological polar surface area (TPSA) is 87.9 Å². The van der Waals surface area contributed by atoms with Crippen LogP contribution in [0, 0.1) is 0 Å². The standard InChI is InChI=1S/C24H23N5OS/c25-23-19-15-21(28-20(19)8-12-27-23)16-9-13-29(14-10-16)24(30)22-7-6-18(31-22)5-4-17-3-1-2-11-26-17/h1-3,6-9,11-12,15,28H,4-5,10,13-14H2,(H2,25,27). The van der Waals surface area contributed by atoms with Crippen LogP contribution in [0.4, 0.5) is 5.82 Å². The van der Waals surface area contributed by atoms with Crippen LogP contribution in [0.15, 0.2) is 60.9 Å². The summed E-state index contributed by atoms with van der Waals surface area (Å²) < 4.78 is 0. The zero-order valence-corrected chi connectivity index (χ0v) is 17.9. The van der Waals surface area contributed by atoms with Gasteiger partial charge in [-0.2, -0.15) is 0 Å². The molecule has 0 saturated heterocycles. The molecule has 3 N–H and O–H groups in total. The number of nitrogens with one attached hydrogen (secondary N) is 1. The van der Waals surface area contributed by atoms with Crippen LogP contribution in [-0.4, -0.2) is 38.8 Å². The summed E-state index contributed by atoms with van der Waals surface area (Å²) in [6, 6.07) is 14.0. The molecule has 0 atom stereocenters. The van der Waals surface area contributed by atoms with E-state index in [2.05, 4.69) is 27.1 Å². The molecule has 0 spiro atoms. The minimum Gasteiger partial charge on any atom is -0.383 e. The van der Waals surface area contributed by atoms with Crippen LogP contribution >= 0.6 is 11.3 Å². The highest BCUT2D eigenvalue weighted by Gasteiger charge is 2.21. The lowest BCUT2D eigenvalue weighted by Gasteiger charge is -2.25. The van der Waals surface area contributed by atoms with Crippen LogP contribution in [0.1, 0.15) is 32.4 Å². The number of aromatic amines is 1. The van der Waals surface area contributed by atoms with Crippen molar-refractivity contribution in [3.63, 3.8) is 0 Å². The van der Waals surface area contributed by atoms with Crippen LogP contribution in [-0.2, 0) is 12.8 Å². The van der Waals surface area contributed by atoms with E-state index >= 15 is 0 Å². The molecule has 156 valence electrons. The molecule has 4 aromatic heterocycles. The first-order chi connectivity index (χ1) is 15.2. The fraction of sp³-hybridized carbons (Fsp3) is 0.208. The molecule has 0 aromatic carbocycles. The second-order valence-corrected chi connectivity index (χ2v) is 8.83. The molecule has 31 heavy (non-hydrogen) atoms. The number of aryl methyl sites for hydroxylation is 2. The van der Waals surface area contributed by atoms with Gasteiger partial charge in [-0.1, -0.05) is 12.1 Å². The summed E-state index contributed by atoms with van der Waals surface area (Å²) in [6.07, 6.45) is 8.25. The van der Waals surface area contributed by atoms with E-state index in [1.165, 1.54) is 10.5 Å². The van der Waals surface area contributed by atoms with Gasteiger partial charge >= 0.3 is 0 Å². The molecule has 0 fully saturated rings. The van der Waals surface area contributed by atoms with Crippen molar-refractivity contribution in [2.24, 2.45) is 0 Å². The predicted octanol–water partition coefficient (Wildman–Crippen LogP) is 4.32.